The molecule has 0 unspecified atom stereocenters. The summed E-state index contributed by atoms with van der Waals surface area (Å²) in [5, 5.41) is 5.90. The number of rotatable bonds is 5. The number of ether oxygens (including phenoxy) is 1. The molecule has 0 aliphatic carbocycles. The zero-order valence-electron chi connectivity index (χ0n) is 12.4. The number of hydrogen-bond donors (Lipinski definition) is 2. The maximum atomic E-state index is 5.76. The van der Waals surface area contributed by atoms with Crippen molar-refractivity contribution < 1.29 is 15.0 Å². The minimum absolute atomic E-state index is 0.601. The zero-order chi connectivity index (χ0) is 15.5. The Kier molecular flexibility index (Phi) is 4.37. The molecule has 0 atom stereocenters. The molecule has 0 radical (unpaired) electrons. The van der Waals surface area contributed by atoms with Crippen molar-refractivity contribution in [3.8, 4) is 16.3 Å². The van der Waals surface area contributed by atoms with E-state index in [1.54, 1.807) is 11.3 Å². The predicted octanol–water partition coefficient (Wildman–Crippen LogP) is 2.50. The molecule has 0 spiro atoms. The topological polar surface area (TPSA) is 78.9 Å². The second kappa shape index (κ2) is 6.43. The van der Waals surface area contributed by atoms with E-state index in [-0.39, 0.29) is 0 Å². The van der Waals surface area contributed by atoms with Crippen molar-refractivity contribution in [1.29, 1.82) is 0 Å². The summed E-state index contributed by atoms with van der Waals surface area (Å²) in [6, 6.07) is 8.07. The van der Waals surface area contributed by atoms with E-state index in [0.29, 0.717) is 11.7 Å². The SMILES string of the molecule is CCOc1ccc([NH2+]c2[nH+]c(-c3sc(N)nc3C)cs2)cc1. The number of nitrogens with zero attached hydrogens (tertiary/aromatic N) is 1. The molecular weight excluding hydrogens is 316 g/mol. The summed E-state index contributed by atoms with van der Waals surface area (Å²) in [5.41, 5.74) is 8.92. The molecule has 0 saturated heterocycles. The summed E-state index contributed by atoms with van der Waals surface area (Å²) >= 11 is 3.17. The fourth-order valence-corrected chi connectivity index (χ4v) is 3.81. The summed E-state index contributed by atoms with van der Waals surface area (Å²) in [7, 11) is 0. The fraction of sp³-hybridized carbons (Fsp3) is 0.200. The fourth-order valence-electron chi connectivity index (χ4n) is 2.14. The molecule has 2 aromatic heterocycles. The predicted molar refractivity (Wildman–Crippen MR) is 90.0 cm³/mol. The van der Waals surface area contributed by atoms with E-state index >= 15 is 0 Å². The number of thiazole rings is 2. The molecule has 0 bridgehead atoms. The second-order valence-corrected chi connectivity index (χ2v) is 6.69. The van der Waals surface area contributed by atoms with Crippen LogP contribution in [0.4, 0.5) is 16.0 Å². The van der Waals surface area contributed by atoms with Crippen LogP contribution in [0.5, 0.6) is 5.75 Å². The molecule has 0 amide bonds. The molecule has 3 rings (SSSR count). The van der Waals surface area contributed by atoms with Gasteiger partial charge in [-0.25, -0.2) is 10.3 Å². The van der Waals surface area contributed by atoms with E-state index < -0.39 is 0 Å². The molecule has 5 N–H and O–H groups in total. The Morgan fingerprint density at radius 2 is 2.09 bits per heavy atom. The van der Waals surface area contributed by atoms with Crippen molar-refractivity contribution in [2.45, 2.75) is 13.8 Å². The standard InChI is InChI=1S/C15H16N4OS2/c1-3-20-11-6-4-10(5-7-11)18-15-19-12(8-21-15)13-9(2)17-14(16)22-13/h4-8H,3H2,1-2H3,(H2,16,17)(H,18,19)/p+2. The summed E-state index contributed by atoms with van der Waals surface area (Å²) < 4.78 is 5.45. The highest BCUT2D eigenvalue weighted by Gasteiger charge is 2.20. The average molecular weight is 334 g/mol. The molecule has 0 fully saturated rings. The number of H-pyrrole nitrogens is 1. The Labute approximate surface area is 136 Å². The Hall–Kier alpha value is -1.96. The van der Waals surface area contributed by atoms with Crippen molar-refractivity contribution in [2.24, 2.45) is 0 Å². The van der Waals surface area contributed by atoms with Crippen molar-refractivity contribution in [3.63, 3.8) is 0 Å². The molecule has 0 aliphatic heterocycles. The molecule has 5 nitrogen and oxygen atoms in total. The van der Waals surface area contributed by atoms with Crippen LogP contribution in [-0.4, -0.2) is 11.6 Å². The van der Waals surface area contributed by atoms with E-state index in [0.717, 1.165) is 32.8 Å². The smallest absolute Gasteiger partial charge is 0.430 e. The lowest BCUT2D eigenvalue weighted by atomic mass is 10.3. The third kappa shape index (κ3) is 3.27. The van der Waals surface area contributed by atoms with Crippen LogP contribution in [0.25, 0.3) is 10.6 Å². The lowest BCUT2D eigenvalue weighted by molar-refractivity contribution is -0.573. The number of aromatic amines is 1. The lowest BCUT2D eigenvalue weighted by Crippen LogP contribution is -2.72. The minimum atomic E-state index is 0.601. The highest BCUT2D eigenvalue weighted by molar-refractivity contribution is 7.19. The first-order valence-electron chi connectivity index (χ1n) is 6.97. The Bertz CT molecular complexity index is 764. The normalized spacial score (nSPS) is 10.8. The summed E-state index contributed by atoms with van der Waals surface area (Å²) in [6.45, 7) is 4.64. The number of aromatic nitrogens is 2. The van der Waals surface area contributed by atoms with Crippen LogP contribution in [0.2, 0.25) is 0 Å². The largest absolute Gasteiger partial charge is 0.494 e. The lowest BCUT2D eigenvalue weighted by Gasteiger charge is -2.01. The van der Waals surface area contributed by atoms with Gasteiger partial charge in [-0.3, -0.25) is 0 Å². The van der Waals surface area contributed by atoms with Gasteiger partial charge in [0, 0.05) is 12.1 Å². The third-order valence-electron chi connectivity index (χ3n) is 3.11. The van der Waals surface area contributed by atoms with Gasteiger partial charge < -0.3 is 10.5 Å². The van der Waals surface area contributed by atoms with Gasteiger partial charge in [0.15, 0.2) is 5.13 Å². The Balaban J connectivity index is 1.75. The molecule has 114 valence electrons. The average Bonchev–Trinajstić information content (AvgIpc) is 3.07. The van der Waals surface area contributed by atoms with Gasteiger partial charge in [0.05, 0.1) is 17.7 Å². The summed E-state index contributed by atoms with van der Waals surface area (Å²) in [4.78, 5) is 8.78. The Morgan fingerprint density at radius 3 is 2.73 bits per heavy atom. The minimum Gasteiger partial charge on any atom is -0.494 e. The van der Waals surface area contributed by atoms with E-state index in [9.17, 15) is 0 Å². The van der Waals surface area contributed by atoms with Crippen LogP contribution >= 0.6 is 22.7 Å². The van der Waals surface area contributed by atoms with Crippen LogP contribution < -0.4 is 20.8 Å². The van der Waals surface area contributed by atoms with E-state index in [1.807, 2.05) is 38.1 Å². The molecular formula is C15H18N4OS2+2. The number of nitrogens with one attached hydrogen (secondary N) is 1. The number of benzene rings is 1. The first-order valence-corrected chi connectivity index (χ1v) is 8.67. The molecule has 0 aliphatic rings. The van der Waals surface area contributed by atoms with Crippen LogP contribution in [-0.2, 0) is 0 Å². The first-order chi connectivity index (χ1) is 10.7. The van der Waals surface area contributed by atoms with Gasteiger partial charge in [0.2, 0.25) is 5.69 Å². The highest BCUT2D eigenvalue weighted by atomic mass is 32.1. The van der Waals surface area contributed by atoms with Gasteiger partial charge in [-0.15, -0.1) is 4.98 Å². The van der Waals surface area contributed by atoms with Crippen molar-refractivity contribution in [2.75, 3.05) is 12.3 Å². The highest BCUT2D eigenvalue weighted by Crippen LogP contribution is 2.30. The van der Waals surface area contributed by atoms with Gasteiger partial charge in [-0.1, -0.05) is 11.3 Å². The third-order valence-corrected chi connectivity index (χ3v) is 4.96. The van der Waals surface area contributed by atoms with Gasteiger partial charge in [0.1, 0.15) is 16.3 Å². The van der Waals surface area contributed by atoms with Crippen LogP contribution in [0, 0.1) is 6.92 Å². The van der Waals surface area contributed by atoms with E-state index in [1.165, 1.54) is 11.3 Å². The van der Waals surface area contributed by atoms with Gasteiger partial charge in [-0.2, -0.15) is 0 Å². The molecule has 3 aromatic rings. The molecule has 7 heteroatoms. The van der Waals surface area contributed by atoms with Crippen LogP contribution in [0.3, 0.4) is 0 Å². The van der Waals surface area contributed by atoms with Crippen molar-refractivity contribution >= 4 is 38.6 Å². The Morgan fingerprint density at radius 1 is 1.32 bits per heavy atom. The number of nitrogens with two attached hydrogens (primary N) is 2. The monoisotopic (exact) mass is 334 g/mol. The number of quaternary nitrogens is 1. The molecule has 0 saturated carbocycles. The second-order valence-electron chi connectivity index (χ2n) is 4.75. The van der Waals surface area contributed by atoms with Crippen LogP contribution in [0.1, 0.15) is 12.6 Å². The zero-order valence-corrected chi connectivity index (χ0v) is 14.1. The number of nitrogen functional groups attached to an aromatic ring is 1. The van der Waals surface area contributed by atoms with Crippen LogP contribution in [0.15, 0.2) is 29.6 Å². The quantitative estimate of drug-likeness (QED) is 0.704. The van der Waals surface area contributed by atoms with Crippen molar-refractivity contribution in [1.82, 2.24) is 4.98 Å². The number of hydrogen-bond acceptors (Lipinski definition) is 5. The van der Waals surface area contributed by atoms with Gasteiger partial charge >= 0.3 is 5.13 Å². The molecule has 22 heavy (non-hydrogen) atoms. The maximum absolute atomic E-state index is 5.76. The number of anilines is 1. The van der Waals surface area contributed by atoms with Gasteiger partial charge in [0.25, 0.3) is 0 Å². The van der Waals surface area contributed by atoms with Crippen molar-refractivity contribution in [3.05, 3.63) is 35.3 Å². The summed E-state index contributed by atoms with van der Waals surface area (Å²) in [5.74, 6) is 0.895. The number of aryl methyl sites for hydroxylation is 1. The first kappa shape index (κ1) is 15.0. The summed E-state index contributed by atoms with van der Waals surface area (Å²) in [6.07, 6.45) is 0. The van der Waals surface area contributed by atoms with E-state index in [2.05, 4.69) is 20.7 Å². The van der Waals surface area contributed by atoms with Gasteiger partial charge in [-0.05, 0) is 37.3 Å². The molecule has 1 aromatic carbocycles. The molecule has 2 heterocycles. The maximum Gasteiger partial charge on any atom is 0.430 e. The van der Waals surface area contributed by atoms with E-state index in [4.69, 9.17) is 10.5 Å².